The lowest BCUT2D eigenvalue weighted by atomic mass is 10.2. The zero-order valence-electron chi connectivity index (χ0n) is 23.7. The molecule has 0 radical (unpaired) electrons. The minimum Gasteiger partial charge on any atom is -0.481 e. The van der Waals surface area contributed by atoms with Crippen molar-refractivity contribution in [3.8, 4) is 0 Å². The number of carboxylic acids is 4. The fraction of sp³-hybridized carbons (Fsp3) is 0.333. The van der Waals surface area contributed by atoms with Gasteiger partial charge >= 0.3 is 23.9 Å². The molecule has 0 aliphatic heterocycles. The molecule has 0 amide bonds. The SMILES string of the molecule is O=C(O)CC(Nc1nc(NCCO)nc(Nc2ccc(Nc3nc(NCCO)nc(NC(CC(=O)O)C(=O)O)n3)cc2)n1)C(=O)O. The van der Waals surface area contributed by atoms with Crippen molar-refractivity contribution in [2.75, 3.05) is 58.2 Å². The van der Waals surface area contributed by atoms with E-state index >= 15 is 0 Å². The topological polar surface area (TPSA) is 339 Å². The lowest BCUT2D eigenvalue weighted by molar-refractivity contribution is -0.144. The lowest BCUT2D eigenvalue weighted by Crippen LogP contribution is -2.32. The Balaban J connectivity index is 1.81. The van der Waals surface area contributed by atoms with E-state index in [1.165, 1.54) is 0 Å². The van der Waals surface area contributed by atoms with Crippen molar-refractivity contribution < 1.29 is 49.8 Å². The molecule has 0 aliphatic rings. The van der Waals surface area contributed by atoms with Crippen LogP contribution in [-0.2, 0) is 19.2 Å². The minimum atomic E-state index is -1.54. The van der Waals surface area contributed by atoms with Crippen molar-refractivity contribution in [3.63, 3.8) is 0 Å². The van der Waals surface area contributed by atoms with Crippen LogP contribution in [0.3, 0.4) is 0 Å². The van der Waals surface area contributed by atoms with Crippen molar-refractivity contribution in [3.05, 3.63) is 24.3 Å². The van der Waals surface area contributed by atoms with Crippen LogP contribution in [0, 0.1) is 0 Å². The van der Waals surface area contributed by atoms with Crippen LogP contribution in [0.25, 0.3) is 0 Å². The average molecular weight is 647 g/mol. The van der Waals surface area contributed by atoms with E-state index in [4.69, 9.17) is 20.4 Å². The summed E-state index contributed by atoms with van der Waals surface area (Å²) in [6, 6.07) is 3.27. The summed E-state index contributed by atoms with van der Waals surface area (Å²) in [6.45, 7) is -0.406. The third kappa shape index (κ3) is 11.2. The summed E-state index contributed by atoms with van der Waals surface area (Å²) in [5.74, 6) is -6.27. The first-order valence-corrected chi connectivity index (χ1v) is 13.2. The van der Waals surface area contributed by atoms with Gasteiger partial charge in [-0.1, -0.05) is 0 Å². The van der Waals surface area contributed by atoms with Crippen LogP contribution in [0.1, 0.15) is 12.8 Å². The number of anilines is 8. The molecule has 3 rings (SSSR count). The summed E-state index contributed by atoms with van der Waals surface area (Å²) < 4.78 is 0. The number of rotatable bonds is 20. The molecule has 12 N–H and O–H groups in total. The Morgan fingerprint density at radius 3 is 1.17 bits per heavy atom. The summed E-state index contributed by atoms with van der Waals surface area (Å²) in [5.41, 5.74) is 0.884. The van der Waals surface area contributed by atoms with Gasteiger partial charge in [-0.3, -0.25) is 9.59 Å². The van der Waals surface area contributed by atoms with Gasteiger partial charge in [0, 0.05) is 24.5 Å². The van der Waals surface area contributed by atoms with Crippen LogP contribution < -0.4 is 31.9 Å². The maximum absolute atomic E-state index is 11.5. The highest BCUT2D eigenvalue weighted by Gasteiger charge is 2.24. The van der Waals surface area contributed by atoms with E-state index in [0.717, 1.165) is 0 Å². The number of carboxylic acid groups (broad SMARTS) is 4. The third-order valence-electron chi connectivity index (χ3n) is 5.42. The van der Waals surface area contributed by atoms with E-state index < -0.39 is 48.8 Å². The van der Waals surface area contributed by atoms with E-state index in [0.29, 0.717) is 11.4 Å². The summed E-state index contributed by atoms with van der Waals surface area (Å²) in [6.07, 6.45) is -1.50. The second-order valence-corrected chi connectivity index (χ2v) is 9.01. The number of nitrogens with one attached hydrogen (secondary N) is 6. The Hall–Kier alpha value is -6.16. The van der Waals surface area contributed by atoms with Gasteiger partial charge in [-0.15, -0.1) is 0 Å². The molecule has 2 aromatic heterocycles. The Kier molecular flexibility index (Phi) is 12.4. The molecule has 22 nitrogen and oxygen atoms in total. The van der Waals surface area contributed by atoms with Crippen molar-refractivity contribution >= 4 is 70.9 Å². The van der Waals surface area contributed by atoms with E-state index in [-0.39, 0.29) is 62.0 Å². The maximum atomic E-state index is 11.5. The molecule has 22 heteroatoms. The summed E-state index contributed by atoms with van der Waals surface area (Å²) in [5, 5.41) is 71.1. The first kappa shape index (κ1) is 34.3. The molecule has 2 atom stereocenters. The van der Waals surface area contributed by atoms with Gasteiger partial charge in [0.25, 0.3) is 0 Å². The number of aromatic nitrogens is 6. The molecule has 3 aromatic rings. The number of carbonyl (C=O) groups is 4. The predicted molar refractivity (Wildman–Crippen MR) is 158 cm³/mol. The zero-order valence-corrected chi connectivity index (χ0v) is 23.7. The molecule has 2 unspecified atom stereocenters. The molecule has 1 aromatic carbocycles. The van der Waals surface area contributed by atoms with E-state index in [1.807, 2.05) is 0 Å². The van der Waals surface area contributed by atoms with Crippen molar-refractivity contribution in [1.29, 1.82) is 0 Å². The summed E-state index contributed by atoms with van der Waals surface area (Å²) >= 11 is 0. The van der Waals surface area contributed by atoms with Crippen molar-refractivity contribution in [2.45, 2.75) is 24.9 Å². The standard InChI is InChI=1S/C24H30N12O10/c37-7-5-25-19-31-21(35-23(33-19)29-13(17(43)44)9-15(39)40)27-11-1-2-12(4-3-11)28-22-32-20(26-6-8-38)34-24(36-22)30-14(18(45)46)10-16(41)42/h1-4,13-14,37-38H,5-10H2,(H,39,40)(H,41,42)(H,43,44)(H,45,46)(H3,25,27,29,31,33,35)(H3,26,28,30,32,34,36). The van der Waals surface area contributed by atoms with E-state index in [9.17, 15) is 29.4 Å². The molecule has 0 aliphatic carbocycles. The Bertz CT molecular complexity index is 1420. The quantitative estimate of drug-likeness (QED) is 0.0702. The molecular weight excluding hydrogens is 616 g/mol. The molecule has 246 valence electrons. The zero-order chi connectivity index (χ0) is 33.6. The maximum Gasteiger partial charge on any atom is 0.326 e. The Morgan fingerprint density at radius 1 is 0.543 bits per heavy atom. The van der Waals surface area contributed by atoms with Gasteiger partial charge in [-0.25, -0.2) is 9.59 Å². The molecule has 2 heterocycles. The van der Waals surface area contributed by atoms with Crippen molar-refractivity contribution in [2.24, 2.45) is 0 Å². The summed E-state index contributed by atoms with van der Waals surface area (Å²) in [7, 11) is 0. The van der Waals surface area contributed by atoms with Crippen LogP contribution in [0.2, 0.25) is 0 Å². The van der Waals surface area contributed by atoms with Crippen LogP contribution in [-0.4, -0.2) is 123 Å². The molecule has 46 heavy (non-hydrogen) atoms. The van der Waals surface area contributed by atoms with Crippen LogP contribution >= 0.6 is 0 Å². The van der Waals surface area contributed by atoms with Gasteiger partial charge in [0.15, 0.2) is 0 Å². The van der Waals surface area contributed by atoms with E-state index in [1.54, 1.807) is 24.3 Å². The first-order valence-electron chi connectivity index (χ1n) is 13.2. The molecule has 0 fully saturated rings. The number of benzene rings is 1. The fourth-order valence-electron chi connectivity index (χ4n) is 3.44. The third-order valence-corrected chi connectivity index (χ3v) is 5.42. The Labute approximate surface area is 258 Å². The number of nitrogens with zero attached hydrogens (tertiary/aromatic N) is 6. The highest BCUT2D eigenvalue weighted by atomic mass is 16.4. The van der Waals surface area contributed by atoms with E-state index in [2.05, 4.69) is 61.8 Å². The average Bonchev–Trinajstić information content (AvgIpc) is 2.98. The normalized spacial score (nSPS) is 11.9. The predicted octanol–water partition coefficient (Wildman–Crippen LogP) is -0.968. The number of aliphatic hydroxyl groups is 2. The first-order chi connectivity index (χ1) is 21.9. The number of hydrogen-bond donors (Lipinski definition) is 12. The highest BCUT2D eigenvalue weighted by Crippen LogP contribution is 2.22. The van der Waals surface area contributed by atoms with Gasteiger partial charge in [0.2, 0.25) is 35.7 Å². The molecular formula is C24H30N12O10. The van der Waals surface area contributed by atoms with Gasteiger partial charge < -0.3 is 62.5 Å². The highest BCUT2D eigenvalue weighted by molar-refractivity contribution is 5.83. The van der Waals surface area contributed by atoms with Gasteiger partial charge in [0.1, 0.15) is 12.1 Å². The largest absolute Gasteiger partial charge is 0.481 e. The second-order valence-electron chi connectivity index (χ2n) is 9.01. The minimum absolute atomic E-state index is 0.0369. The van der Waals surface area contributed by atoms with Gasteiger partial charge in [-0.05, 0) is 24.3 Å². The molecule has 0 bridgehead atoms. The van der Waals surface area contributed by atoms with Crippen LogP contribution in [0.15, 0.2) is 24.3 Å². The molecule has 0 saturated carbocycles. The van der Waals surface area contributed by atoms with Crippen LogP contribution in [0.5, 0.6) is 0 Å². The fourth-order valence-corrected chi connectivity index (χ4v) is 3.44. The summed E-state index contributed by atoms with van der Waals surface area (Å²) in [4.78, 5) is 69.6. The smallest absolute Gasteiger partial charge is 0.326 e. The molecule has 0 saturated heterocycles. The van der Waals surface area contributed by atoms with Gasteiger partial charge in [0.05, 0.1) is 26.1 Å². The number of hydrogen-bond acceptors (Lipinski definition) is 18. The molecule has 0 spiro atoms. The number of aliphatic carboxylic acids is 4. The van der Waals surface area contributed by atoms with Gasteiger partial charge in [-0.2, -0.15) is 29.9 Å². The number of aliphatic hydroxyl groups excluding tert-OH is 2. The Morgan fingerprint density at radius 2 is 0.870 bits per heavy atom. The second kappa shape index (κ2) is 16.6. The lowest BCUT2D eigenvalue weighted by Gasteiger charge is -2.15. The monoisotopic (exact) mass is 646 g/mol. The van der Waals surface area contributed by atoms with Crippen molar-refractivity contribution in [1.82, 2.24) is 29.9 Å². The van der Waals surface area contributed by atoms with Crippen LogP contribution in [0.4, 0.5) is 47.1 Å².